The van der Waals surface area contributed by atoms with Crippen LogP contribution in [0.5, 0.6) is 0 Å². The molecule has 2 rings (SSSR count). The molecule has 1 heterocycles. The number of hydrogen-bond acceptors (Lipinski definition) is 4. The van der Waals surface area contributed by atoms with E-state index in [9.17, 15) is 4.79 Å². The molecule has 0 aliphatic heterocycles. The van der Waals surface area contributed by atoms with Crippen molar-refractivity contribution in [1.29, 1.82) is 0 Å². The van der Waals surface area contributed by atoms with Crippen LogP contribution in [0.15, 0.2) is 35.3 Å². The number of guanidine groups is 1. The van der Waals surface area contributed by atoms with E-state index in [2.05, 4.69) is 32.9 Å². The van der Waals surface area contributed by atoms with Crippen molar-refractivity contribution in [3.05, 3.63) is 51.5 Å². The molecule has 2 aromatic rings. The third-order valence-corrected chi connectivity index (χ3v) is 5.03. The van der Waals surface area contributed by atoms with Gasteiger partial charge >= 0.3 is 0 Å². The number of nitrogens with one attached hydrogen (secondary N) is 3. The number of carbonyl (C=O) groups excluding carboxylic acids is 1. The summed E-state index contributed by atoms with van der Waals surface area (Å²) >= 11 is 1.75. The molecule has 1 aromatic carbocycles. The van der Waals surface area contributed by atoms with Crippen LogP contribution in [0.1, 0.15) is 32.4 Å². The number of aryl methyl sites for hydroxylation is 2. The van der Waals surface area contributed by atoms with Gasteiger partial charge in [-0.25, -0.2) is 4.98 Å². The van der Waals surface area contributed by atoms with Crippen LogP contribution in [-0.4, -0.2) is 43.5 Å². The number of aliphatic imine (C=N–C) groups is 1. The number of nitrogens with zero attached hydrogens (tertiary/aromatic N) is 2. The van der Waals surface area contributed by atoms with E-state index >= 15 is 0 Å². The van der Waals surface area contributed by atoms with Crippen molar-refractivity contribution >= 4 is 23.2 Å². The van der Waals surface area contributed by atoms with Gasteiger partial charge in [-0.05, 0) is 32.4 Å². The lowest BCUT2D eigenvalue weighted by Gasteiger charge is -2.11. The van der Waals surface area contributed by atoms with Gasteiger partial charge in [0.25, 0.3) is 5.91 Å². The van der Waals surface area contributed by atoms with E-state index in [-0.39, 0.29) is 5.91 Å². The number of rotatable bonds is 8. The summed E-state index contributed by atoms with van der Waals surface area (Å²) in [5, 5.41) is 10.6. The molecule has 0 atom stereocenters. The van der Waals surface area contributed by atoms with Crippen LogP contribution >= 0.6 is 11.3 Å². The second-order valence-electron chi connectivity index (χ2n) is 5.90. The maximum absolute atomic E-state index is 11.9. The molecule has 3 N–H and O–H groups in total. The van der Waals surface area contributed by atoms with Gasteiger partial charge in [0.1, 0.15) is 0 Å². The van der Waals surface area contributed by atoms with E-state index in [4.69, 9.17) is 0 Å². The van der Waals surface area contributed by atoms with Crippen LogP contribution in [0.25, 0.3) is 0 Å². The normalized spacial score (nSPS) is 11.3. The Labute approximate surface area is 159 Å². The molecule has 1 aromatic heterocycles. The summed E-state index contributed by atoms with van der Waals surface area (Å²) < 4.78 is 0. The molecule has 140 valence electrons. The average Bonchev–Trinajstić information content (AvgIpc) is 2.98. The van der Waals surface area contributed by atoms with Crippen molar-refractivity contribution in [2.24, 2.45) is 4.99 Å². The number of amides is 1. The fourth-order valence-electron chi connectivity index (χ4n) is 2.34. The quantitative estimate of drug-likeness (QED) is 0.377. The molecule has 1 amide bonds. The van der Waals surface area contributed by atoms with Crippen molar-refractivity contribution in [2.45, 2.75) is 26.7 Å². The van der Waals surface area contributed by atoms with Gasteiger partial charge in [-0.15, -0.1) is 11.3 Å². The molecule has 0 saturated heterocycles. The lowest BCUT2D eigenvalue weighted by molar-refractivity contribution is 0.0953. The SMILES string of the molecule is CN=C(NCCCNC(=O)c1ccccc1)NCCc1nc(C)c(C)s1. The molecule has 0 spiro atoms. The van der Waals surface area contributed by atoms with Gasteiger partial charge in [-0.2, -0.15) is 0 Å². The number of hydrogen-bond donors (Lipinski definition) is 3. The maximum Gasteiger partial charge on any atom is 0.251 e. The molecular weight excluding hydrogens is 346 g/mol. The first-order valence-corrected chi connectivity index (χ1v) is 9.62. The van der Waals surface area contributed by atoms with Gasteiger partial charge in [0.15, 0.2) is 5.96 Å². The first kappa shape index (κ1) is 19.9. The van der Waals surface area contributed by atoms with Gasteiger partial charge in [-0.1, -0.05) is 18.2 Å². The monoisotopic (exact) mass is 373 g/mol. The highest BCUT2D eigenvalue weighted by Gasteiger charge is 2.05. The minimum atomic E-state index is -0.0397. The van der Waals surface area contributed by atoms with Crippen molar-refractivity contribution < 1.29 is 4.79 Å². The number of carbonyl (C=O) groups is 1. The third kappa shape index (κ3) is 6.48. The minimum Gasteiger partial charge on any atom is -0.356 e. The van der Waals surface area contributed by atoms with E-state index < -0.39 is 0 Å². The Bertz CT molecular complexity index is 707. The number of benzene rings is 1. The fourth-order valence-corrected chi connectivity index (χ4v) is 3.28. The molecule has 0 radical (unpaired) electrons. The van der Waals surface area contributed by atoms with Crippen molar-refractivity contribution in [1.82, 2.24) is 20.9 Å². The van der Waals surface area contributed by atoms with Crippen LogP contribution in [-0.2, 0) is 6.42 Å². The molecule has 7 heteroatoms. The van der Waals surface area contributed by atoms with Crippen molar-refractivity contribution in [3.63, 3.8) is 0 Å². The highest BCUT2D eigenvalue weighted by atomic mass is 32.1. The number of aromatic nitrogens is 1. The molecule has 0 fully saturated rings. The van der Waals surface area contributed by atoms with E-state index in [0.717, 1.165) is 42.6 Å². The summed E-state index contributed by atoms with van der Waals surface area (Å²) in [7, 11) is 1.75. The lowest BCUT2D eigenvalue weighted by Crippen LogP contribution is -2.39. The summed E-state index contributed by atoms with van der Waals surface area (Å²) in [6.45, 7) is 6.29. The molecule has 26 heavy (non-hydrogen) atoms. The largest absolute Gasteiger partial charge is 0.356 e. The topological polar surface area (TPSA) is 78.4 Å². The Morgan fingerprint density at radius 1 is 1.08 bits per heavy atom. The van der Waals surface area contributed by atoms with Gasteiger partial charge < -0.3 is 16.0 Å². The highest BCUT2D eigenvalue weighted by Crippen LogP contribution is 2.16. The summed E-state index contributed by atoms with van der Waals surface area (Å²) in [5.74, 6) is 0.728. The van der Waals surface area contributed by atoms with Crippen LogP contribution in [0.3, 0.4) is 0 Å². The van der Waals surface area contributed by atoms with Gasteiger partial charge in [0, 0.05) is 43.5 Å². The predicted molar refractivity (Wildman–Crippen MR) is 108 cm³/mol. The summed E-state index contributed by atoms with van der Waals surface area (Å²) in [6, 6.07) is 9.24. The molecule has 0 bridgehead atoms. The minimum absolute atomic E-state index is 0.0397. The van der Waals surface area contributed by atoms with E-state index in [1.165, 1.54) is 4.88 Å². The Morgan fingerprint density at radius 3 is 2.42 bits per heavy atom. The molecule has 6 nitrogen and oxygen atoms in total. The lowest BCUT2D eigenvalue weighted by atomic mass is 10.2. The zero-order chi connectivity index (χ0) is 18.8. The smallest absolute Gasteiger partial charge is 0.251 e. The zero-order valence-corrected chi connectivity index (χ0v) is 16.4. The fraction of sp³-hybridized carbons (Fsp3) is 0.421. The highest BCUT2D eigenvalue weighted by molar-refractivity contribution is 7.11. The Kier molecular flexibility index (Phi) is 8.08. The van der Waals surface area contributed by atoms with Gasteiger partial charge in [0.05, 0.1) is 10.7 Å². The first-order chi connectivity index (χ1) is 12.6. The summed E-state index contributed by atoms with van der Waals surface area (Å²) in [6.07, 6.45) is 1.71. The Morgan fingerprint density at radius 2 is 1.77 bits per heavy atom. The van der Waals surface area contributed by atoms with Crippen molar-refractivity contribution in [2.75, 3.05) is 26.7 Å². The predicted octanol–water partition coefficient (Wildman–Crippen LogP) is 2.29. The second kappa shape index (κ2) is 10.6. The van der Waals surface area contributed by atoms with Gasteiger partial charge in [-0.3, -0.25) is 9.79 Å². The van der Waals surface area contributed by atoms with Crippen molar-refractivity contribution in [3.8, 4) is 0 Å². The Balaban J connectivity index is 1.59. The third-order valence-electron chi connectivity index (χ3n) is 3.90. The molecule has 0 aliphatic rings. The van der Waals surface area contributed by atoms with Crippen LogP contribution in [0.4, 0.5) is 0 Å². The Hall–Kier alpha value is -2.41. The zero-order valence-electron chi connectivity index (χ0n) is 15.6. The first-order valence-electron chi connectivity index (χ1n) is 8.81. The molecule has 0 aliphatic carbocycles. The summed E-state index contributed by atoms with van der Waals surface area (Å²) in [5.41, 5.74) is 1.80. The standard InChI is InChI=1S/C19H27N5OS/c1-14-15(2)26-17(24-14)10-13-23-19(20-3)22-12-7-11-21-18(25)16-8-5-4-6-9-16/h4-6,8-9H,7,10-13H2,1-3H3,(H,21,25)(H2,20,22,23). The van der Waals surface area contributed by atoms with Crippen LogP contribution < -0.4 is 16.0 Å². The molecular formula is C19H27N5OS. The van der Waals surface area contributed by atoms with Crippen LogP contribution in [0, 0.1) is 13.8 Å². The van der Waals surface area contributed by atoms with E-state index in [1.54, 1.807) is 18.4 Å². The van der Waals surface area contributed by atoms with Gasteiger partial charge in [0.2, 0.25) is 0 Å². The maximum atomic E-state index is 11.9. The molecule has 0 saturated carbocycles. The van der Waals surface area contributed by atoms with E-state index in [1.807, 2.05) is 37.3 Å². The molecule has 0 unspecified atom stereocenters. The van der Waals surface area contributed by atoms with Crippen LogP contribution in [0.2, 0.25) is 0 Å². The second-order valence-corrected chi connectivity index (χ2v) is 7.19. The number of thiazole rings is 1. The van der Waals surface area contributed by atoms with E-state index in [0.29, 0.717) is 12.1 Å². The average molecular weight is 374 g/mol. The summed E-state index contributed by atoms with van der Waals surface area (Å²) in [4.78, 5) is 22.0.